The van der Waals surface area contributed by atoms with Crippen LogP contribution in [0.2, 0.25) is 0 Å². The first-order chi connectivity index (χ1) is 8.56. The van der Waals surface area contributed by atoms with E-state index in [9.17, 15) is 0 Å². The zero-order valence-corrected chi connectivity index (χ0v) is 12.4. The molecule has 2 N–H and O–H groups in total. The second kappa shape index (κ2) is 7.38. The Morgan fingerprint density at radius 3 is 2.33 bits per heavy atom. The van der Waals surface area contributed by atoms with Gasteiger partial charge in [-0.3, -0.25) is 0 Å². The van der Waals surface area contributed by atoms with Crippen molar-refractivity contribution in [2.24, 2.45) is 0 Å². The zero-order valence-electron chi connectivity index (χ0n) is 11.6. The van der Waals surface area contributed by atoms with Gasteiger partial charge in [-0.1, -0.05) is 25.6 Å². The Labute approximate surface area is 113 Å². The highest BCUT2D eigenvalue weighted by Crippen LogP contribution is 2.16. The fourth-order valence-corrected chi connectivity index (χ4v) is 2.27. The van der Waals surface area contributed by atoms with Crippen LogP contribution in [0.4, 0.5) is 11.9 Å². The second-order valence-corrected chi connectivity index (χ2v) is 5.11. The van der Waals surface area contributed by atoms with E-state index in [0.29, 0.717) is 11.1 Å². The van der Waals surface area contributed by atoms with Gasteiger partial charge in [0.05, 0.1) is 0 Å². The average molecular weight is 270 g/mol. The van der Waals surface area contributed by atoms with Crippen molar-refractivity contribution in [1.29, 1.82) is 0 Å². The molecule has 0 saturated heterocycles. The molecule has 0 aliphatic heterocycles. The molecule has 0 aromatic carbocycles. The third kappa shape index (κ3) is 4.66. The van der Waals surface area contributed by atoms with Crippen LogP contribution in [-0.4, -0.2) is 59.3 Å². The zero-order chi connectivity index (χ0) is 13.5. The number of rotatable bonds is 7. The molecule has 0 radical (unpaired) electrons. The summed E-state index contributed by atoms with van der Waals surface area (Å²) in [5, 5.41) is 0.693. The second-order valence-electron chi connectivity index (χ2n) is 4.05. The fraction of sp³-hybridized carbons (Fsp3) is 0.727. The molecule has 18 heavy (non-hydrogen) atoms. The van der Waals surface area contributed by atoms with Crippen molar-refractivity contribution in [3.63, 3.8) is 0 Å². The van der Waals surface area contributed by atoms with Gasteiger partial charge in [-0.25, -0.2) is 0 Å². The molecular weight excluding hydrogens is 248 g/mol. The summed E-state index contributed by atoms with van der Waals surface area (Å²) in [6, 6.07) is 0. The normalized spacial score (nSPS) is 10.9. The summed E-state index contributed by atoms with van der Waals surface area (Å²) in [5.74, 6) is 1.84. The Bertz CT molecular complexity index is 367. The van der Waals surface area contributed by atoms with Crippen LogP contribution < -0.4 is 10.6 Å². The van der Waals surface area contributed by atoms with Gasteiger partial charge < -0.3 is 15.5 Å². The van der Waals surface area contributed by atoms with Crippen LogP contribution >= 0.6 is 11.8 Å². The number of hydrogen-bond donors (Lipinski definition) is 1. The maximum Gasteiger partial charge on any atom is 0.230 e. The summed E-state index contributed by atoms with van der Waals surface area (Å²) in [4.78, 5) is 16.7. The molecule has 102 valence electrons. The minimum Gasteiger partial charge on any atom is -0.368 e. The summed E-state index contributed by atoms with van der Waals surface area (Å²) in [6.07, 6.45) is 0. The lowest BCUT2D eigenvalue weighted by Gasteiger charge is -2.17. The van der Waals surface area contributed by atoms with Crippen LogP contribution in [0.3, 0.4) is 0 Å². The molecule has 0 amide bonds. The lowest BCUT2D eigenvalue weighted by Crippen LogP contribution is -2.25. The Morgan fingerprint density at radius 2 is 1.78 bits per heavy atom. The first-order valence-electron chi connectivity index (χ1n) is 6.10. The van der Waals surface area contributed by atoms with E-state index in [0.717, 1.165) is 25.4 Å². The van der Waals surface area contributed by atoms with Crippen LogP contribution in [0.25, 0.3) is 0 Å². The first-order valence-corrected chi connectivity index (χ1v) is 7.09. The molecule has 1 aromatic heterocycles. The summed E-state index contributed by atoms with van der Waals surface area (Å²) in [7, 11) is 3.78. The highest BCUT2D eigenvalue weighted by atomic mass is 32.2. The summed E-state index contributed by atoms with van der Waals surface area (Å²) < 4.78 is 0. The van der Waals surface area contributed by atoms with Crippen LogP contribution in [0.5, 0.6) is 0 Å². The Kier molecular flexibility index (Phi) is 6.14. The quantitative estimate of drug-likeness (QED) is 0.740. The molecule has 0 fully saturated rings. The molecule has 0 saturated carbocycles. The molecule has 1 heterocycles. The standard InChI is InChI=1S/C11H22N6S/c1-5-17(6-2)7-8-18-11-14-9(12)13-10(15-11)16(3)4/h5-8H2,1-4H3,(H2,12,13,14,15). The minimum atomic E-state index is 0.277. The molecular formula is C11H22N6S. The average Bonchev–Trinajstić information content (AvgIpc) is 2.34. The van der Waals surface area contributed by atoms with E-state index in [1.54, 1.807) is 11.8 Å². The summed E-state index contributed by atoms with van der Waals surface area (Å²) in [5.41, 5.74) is 5.67. The van der Waals surface area contributed by atoms with E-state index in [-0.39, 0.29) is 5.95 Å². The highest BCUT2D eigenvalue weighted by Gasteiger charge is 2.07. The van der Waals surface area contributed by atoms with E-state index in [4.69, 9.17) is 5.73 Å². The van der Waals surface area contributed by atoms with Crippen molar-refractivity contribution < 1.29 is 0 Å². The van der Waals surface area contributed by atoms with Crippen molar-refractivity contribution in [2.75, 3.05) is 50.1 Å². The van der Waals surface area contributed by atoms with Crippen LogP contribution in [-0.2, 0) is 0 Å². The highest BCUT2D eigenvalue weighted by molar-refractivity contribution is 7.99. The number of aromatic nitrogens is 3. The smallest absolute Gasteiger partial charge is 0.230 e. The van der Waals surface area contributed by atoms with Gasteiger partial charge in [-0.15, -0.1) is 0 Å². The van der Waals surface area contributed by atoms with Crippen molar-refractivity contribution in [3.05, 3.63) is 0 Å². The molecule has 7 heteroatoms. The van der Waals surface area contributed by atoms with Gasteiger partial charge in [-0.05, 0) is 13.1 Å². The van der Waals surface area contributed by atoms with E-state index in [1.165, 1.54) is 0 Å². The lowest BCUT2D eigenvalue weighted by atomic mass is 10.5. The first kappa shape index (κ1) is 15.0. The molecule has 0 atom stereocenters. The third-order valence-corrected chi connectivity index (χ3v) is 3.38. The molecule has 0 aliphatic carbocycles. The third-order valence-electron chi connectivity index (χ3n) is 2.55. The van der Waals surface area contributed by atoms with E-state index >= 15 is 0 Å². The predicted octanol–water partition coefficient (Wildman–Crippen LogP) is 0.954. The monoisotopic (exact) mass is 270 g/mol. The predicted molar refractivity (Wildman–Crippen MR) is 77.1 cm³/mol. The van der Waals surface area contributed by atoms with Gasteiger partial charge in [0.1, 0.15) is 0 Å². The number of thioether (sulfide) groups is 1. The van der Waals surface area contributed by atoms with Gasteiger partial charge in [0, 0.05) is 26.4 Å². The molecule has 0 spiro atoms. The van der Waals surface area contributed by atoms with Crippen molar-refractivity contribution in [2.45, 2.75) is 19.0 Å². The van der Waals surface area contributed by atoms with E-state index < -0.39 is 0 Å². The molecule has 0 aliphatic rings. The topological polar surface area (TPSA) is 71.2 Å². The number of hydrogen-bond acceptors (Lipinski definition) is 7. The Balaban J connectivity index is 2.56. The van der Waals surface area contributed by atoms with Gasteiger partial charge in [0.2, 0.25) is 11.9 Å². The molecule has 0 unspecified atom stereocenters. The van der Waals surface area contributed by atoms with Crippen molar-refractivity contribution in [3.8, 4) is 0 Å². The maximum atomic E-state index is 5.67. The number of nitrogens with zero attached hydrogens (tertiary/aromatic N) is 5. The molecule has 0 bridgehead atoms. The Morgan fingerprint density at radius 1 is 1.11 bits per heavy atom. The lowest BCUT2D eigenvalue weighted by molar-refractivity contribution is 0.324. The van der Waals surface area contributed by atoms with Crippen molar-refractivity contribution >= 4 is 23.7 Å². The molecule has 1 rings (SSSR count). The van der Waals surface area contributed by atoms with Crippen LogP contribution in [0.1, 0.15) is 13.8 Å². The van der Waals surface area contributed by atoms with Crippen molar-refractivity contribution in [1.82, 2.24) is 19.9 Å². The van der Waals surface area contributed by atoms with Crippen LogP contribution in [0, 0.1) is 0 Å². The van der Waals surface area contributed by atoms with E-state index in [2.05, 4.69) is 33.7 Å². The summed E-state index contributed by atoms with van der Waals surface area (Å²) in [6.45, 7) is 7.50. The fourth-order valence-electron chi connectivity index (χ4n) is 1.43. The number of nitrogens with two attached hydrogens (primary N) is 1. The molecule has 6 nitrogen and oxygen atoms in total. The Hall–Kier alpha value is -1.08. The van der Waals surface area contributed by atoms with E-state index in [1.807, 2.05) is 19.0 Å². The number of nitrogen functional groups attached to an aromatic ring is 1. The van der Waals surface area contributed by atoms with Gasteiger partial charge in [-0.2, -0.15) is 15.0 Å². The number of anilines is 2. The largest absolute Gasteiger partial charge is 0.368 e. The summed E-state index contributed by atoms with van der Waals surface area (Å²) >= 11 is 1.61. The van der Waals surface area contributed by atoms with Gasteiger partial charge >= 0.3 is 0 Å². The van der Waals surface area contributed by atoms with Gasteiger partial charge in [0.15, 0.2) is 5.16 Å². The minimum absolute atomic E-state index is 0.277. The maximum absolute atomic E-state index is 5.67. The van der Waals surface area contributed by atoms with Crippen LogP contribution in [0.15, 0.2) is 5.16 Å². The molecule has 1 aromatic rings. The van der Waals surface area contributed by atoms with Gasteiger partial charge in [0.25, 0.3) is 0 Å². The SMILES string of the molecule is CCN(CC)CCSc1nc(N)nc(N(C)C)n1.